The molecule has 0 radical (unpaired) electrons. The fraction of sp³-hybridized carbons (Fsp3) is 0.345. The summed E-state index contributed by atoms with van der Waals surface area (Å²) in [7, 11) is 0. The number of aryl methyl sites for hydroxylation is 2. The summed E-state index contributed by atoms with van der Waals surface area (Å²) in [4.78, 5) is 26.1. The minimum Gasteiger partial charge on any atom is -0.457 e. The van der Waals surface area contributed by atoms with Crippen molar-refractivity contribution in [1.82, 2.24) is 0 Å². The highest BCUT2D eigenvalue weighted by molar-refractivity contribution is 8.00. The number of hydrogen-bond donors (Lipinski definition) is 13. The molecular weight excluding hydrogens is 1270 g/mol. The number of halogens is 12. The molecule has 6 aromatic rings. The van der Waals surface area contributed by atoms with Crippen molar-refractivity contribution >= 4 is 81.5 Å². The minimum atomic E-state index is -4.69. The molecular formula is C58H69F12N13O4S3. The summed E-state index contributed by atoms with van der Waals surface area (Å²) < 4.78 is 176. The maximum Gasteiger partial charge on any atom is 0.417 e. The van der Waals surface area contributed by atoms with Crippen LogP contribution in [-0.4, -0.2) is 88.2 Å². The Morgan fingerprint density at radius 1 is 0.389 bits per heavy atom. The molecule has 0 aliphatic heterocycles. The van der Waals surface area contributed by atoms with E-state index in [1.54, 1.807) is 12.1 Å². The summed E-state index contributed by atoms with van der Waals surface area (Å²) in [5.41, 5.74) is 37.0. The first kappa shape index (κ1) is 73.7. The summed E-state index contributed by atoms with van der Waals surface area (Å²) in [6, 6.07) is 19.5. The average molecular weight is 1340 g/mol. The lowest BCUT2D eigenvalue weighted by Crippen LogP contribution is -2.21. The lowest BCUT2D eigenvalue weighted by Gasteiger charge is -2.19. The Labute approximate surface area is 523 Å². The van der Waals surface area contributed by atoms with Crippen LogP contribution in [0.15, 0.2) is 118 Å². The van der Waals surface area contributed by atoms with Crippen LogP contribution in [0.5, 0.6) is 23.0 Å². The van der Waals surface area contributed by atoms with E-state index in [-0.39, 0.29) is 118 Å². The second-order valence-electron chi connectivity index (χ2n) is 19.2. The summed E-state index contributed by atoms with van der Waals surface area (Å²) in [5.74, 6) is 1.27. The van der Waals surface area contributed by atoms with Crippen LogP contribution in [0.2, 0.25) is 0 Å². The van der Waals surface area contributed by atoms with Crippen LogP contribution in [-0.2, 0) is 37.5 Å². The molecule has 90 heavy (non-hydrogen) atoms. The molecule has 0 spiro atoms. The maximum absolute atomic E-state index is 13.9. The van der Waals surface area contributed by atoms with Crippen LogP contribution in [0.3, 0.4) is 0 Å². The number of alkyl halides is 12. The molecule has 0 saturated heterocycles. The third kappa shape index (κ3) is 23.7. The lowest BCUT2D eigenvalue weighted by molar-refractivity contribution is -0.140. The summed E-state index contributed by atoms with van der Waals surface area (Å²) >= 11 is 3.12. The van der Waals surface area contributed by atoms with Crippen LogP contribution in [0, 0.1) is 0 Å². The molecule has 0 bridgehead atoms. The molecule has 17 nitrogen and oxygen atoms in total. The van der Waals surface area contributed by atoms with Crippen LogP contribution >= 0.6 is 35.3 Å². The van der Waals surface area contributed by atoms with E-state index in [1.807, 2.05) is 0 Å². The zero-order valence-electron chi connectivity index (χ0n) is 48.1. The number of anilines is 6. The second-order valence-corrected chi connectivity index (χ2v) is 22.6. The van der Waals surface area contributed by atoms with E-state index in [2.05, 4.69) is 31.9 Å². The van der Waals surface area contributed by atoms with Gasteiger partial charge >= 0.3 is 36.8 Å². The standard InChI is InChI=1S/C30H37F6N7O2S2.C28H32F6N6O2S/c31-29(32,33)19-13-21(41-9-6-38)15-22(14-19)45-25-4-3-20(12-18(25)2-1-5-37)42-28(44)43-24-16-23(30(34,35)36)26(46-10-7-39)17-27(24)47-11-8-40;29-27(30,31)18-13-21(38-10-8-36)15-22(14-18)42-24-5-3-19(12-17(24)2-1-7-35)39-26(41)40-20-4-6-25(43-11-9-37)23(16-20)28(32,33)34/h3-4,12-17,41H,1-2,5-11,37-40H2,(H2,42,43,44);3-6,12-16,38H,1-2,7-11,35-37H2,(H2,39,40,41). The lowest BCUT2D eigenvalue weighted by atomic mass is 10.1. The zero-order valence-corrected chi connectivity index (χ0v) is 50.5. The fourth-order valence-electron chi connectivity index (χ4n) is 8.18. The second kappa shape index (κ2) is 35.0. The van der Waals surface area contributed by atoms with E-state index in [0.29, 0.717) is 66.3 Å². The molecule has 0 aromatic heterocycles. The summed E-state index contributed by atoms with van der Waals surface area (Å²) in [5, 5.41) is 15.7. The van der Waals surface area contributed by atoms with E-state index < -0.39 is 59.0 Å². The number of thioether (sulfide) groups is 3. The Morgan fingerprint density at radius 2 is 0.789 bits per heavy atom. The van der Waals surface area contributed by atoms with Crippen molar-refractivity contribution in [2.45, 2.75) is 65.1 Å². The van der Waals surface area contributed by atoms with Gasteiger partial charge in [0.05, 0.1) is 27.9 Å². The number of nitrogens with one attached hydrogen (secondary N) is 6. The normalized spacial score (nSPS) is 11.8. The fourth-order valence-corrected chi connectivity index (χ4v) is 10.8. The number of hydrogen-bond acceptors (Lipinski definition) is 16. The predicted octanol–water partition coefficient (Wildman–Crippen LogP) is 13.0. The van der Waals surface area contributed by atoms with Crippen molar-refractivity contribution in [2.24, 2.45) is 40.1 Å². The highest BCUT2D eigenvalue weighted by Gasteiger charge is 2.37. The SMILES string of the molecule is NCCCc1cc(NC(=O)Nc2cc(C(F)(F)F)c(SCCN)cc2SCCN)ccc1Oc1cc(NCCN)cc(C(F)(F)F)c1.NCCCc1cc(NC(=O)Nc2ccc(SCCN)c(C(F)(F)F)c2)ccc1Oc1cc(NCCN)cc(C(F)(F)F)c1. The van der Waals surface area contributed by atoms with Gasteiger partial charge in [-0.15, -0.1) is 35.3 Å². The van der Waals surface area contributed by atoms with Gasteiger partial charge in [0.25, 0.3) is 0 Å². The van der Waals surface area contributed by atoms with Gasteiger partial charge in [0.1, 0.15) is 23.0 Å². The number of rotatable bonds is 29. The van der Waals surface area contributed by atoms with Gasteiger partial charge < -0.3 is 81.5 Å². The van der Waals surface area contributed by atoms with Gasteiger partial charge in [-0.3, -0.25) is 0 Å². The minimum absolute atomic E-state index is 0.00732. The number of carbonyl (C=O) groups is 2. The zero-order chi connectivity index (χ0) is 66.2. The van der Waals surface area contributed by atoms with Gasteiger partial charge in [0, 0.05) is 118 Å². The number of amides is 4. The topological polar surface area (TPSA) is 307 Å². The number of nitrogens with two attached hydrogens (primary N) is 7. The first-order valence-electron chi connectivity index (χ1n) is 27.6. The van der Waals surface area contributed by atoms with Crippen molar-refractivity contribution in [3.63, 3.8) is 0 Å². The number of benzene rings is 6. The van der Waals surface area contributed by atoms with Crippen LogP contribution in [0.1, 0.15) is 46.2 Å². The molecule has 492 valence electrons. The largest absolute Gasteiger partial charge is 0.457 e. The van der Waals surface area contributed by atoms with Crippen molar-refractivity contribution < 1.29 is 71.7 Å². The Kier molecular flexibility index (Phi) is 28.7. The van der Waals surface area contributed by atoms with Crippen LogP contribution in [0.4, 0.5) is 96.4 Å². The Bertz CT molecular complexity index is 3310. The van der Waals surface area contributed by atoms with Gasteiger partial charge in [0.2, 0.25) is 0 Å². The smallest absolute Gasteiger partial charge is 0.417 e. The average Bonchev–Trinajstić information content (AvgIpc) is 1.03. The van der Waals surface area contributed by atoms with E-state index in [0.717, 1.165) is 59.9 Å². The quantitative estimate of drug-likeness (QED) is 0.0153. The maximum atomic E-state index is 13.9. The Hall–Kier alpha value is -7.01. The molecule has 6 rings (SSSR count). The van der Waals surface area contributed by atoms with Gasteiger partial charge in [0.15, 0.2) is 0 Å². The first-order valence-corrected chi connectivity index (χ1v) is 30.5. The molecule has 4 amide bonds. The number of urea groups is 2. The monoisotopic (exact) mass is 1340 g/mol. The van der Waals surface area contributed by atoms with Gasteiger partial charge in [-0.25, -0.2) is 9.59 Å². The third-order valence-electron chi connectivity index (χ3n) is 12.1. The van der Waals surface area contributed by atoms with Crippen molar-refractivity contribution in [2.75, 3.05) is 108 Å². The Balaban J connectivity index is 0.000000329. The van der Waals surface area contributed by atoms with Crippen LogP contribution in [0.25, 0.3) is 0 Å². The molecule has 0 aliphatic rings. The van der Waals surface area contributed by atoms with Gasteiger partial charge in [-0.1, -0.05) is 0 Å². The summed E-state index contributed by atoms with van der Waals surface area (Å²) in [6.07, 6.45) is -16.8. The third-order valence-corrected chi connectivity index (χ3v) is 15.4. The molecule has 0 aliphatic carbocycles. The molecule has 0 heterocycles. The molecule has 0 unspecified atom stereocenters. The number of ether oxygens (including phenoxy) is 2. The molecule has 0 saturated carbocycles. The Morgan fingerprint density at radius 3 is 1.20 bits per heavy atom. The van der Waals surface area contributed by atoms with Crippen molar-refractivity contribution in [3.05, 3.63) is 137 Å². The van der Waals surface area contributed by atoms with Crippen molar-refractivity contribution in [3.8, 4) is 23.0 Å². The molecule has 0 fully saturated rings. The number of carbonyl (C=O) groups excluding carboxylic acids is 2. The van der Waals surface area contributed by atoms with E-state index >= 15 is 0 Å². The van der Waals surface area contributed by atoms with E-state index in [9.17, 15) is 62.3 Å². The molecule has 32 heteroatoms. The highest BCUT2D eigenvalue weighted by Crippen LogP contribution is 2.44. The van der Waals surface area contributed by atoms with E-state index in [1.165, 1.54) is 66.4 Å². The van der Waals surface area contributed by atoms with Crippen molar-refractivity contribution in [1.29, 1.82) is 0 Å². The van der Waals surface area contributed by atoms with E-state index in [4.69, 9.17) is 49.6 Å². The molecule has 0 atom stereocenters. The van der Waals surface area contributed by atoms with Crippen LogP contribution < -0.4 is 81.5 Å². The molecule has 20 N–H and O–H groups in total. The predicted molar refractivity (Wildman–Crippen MR) is 333 cm³/mol. The highest BCUT2D eigenvalue weighted by atomic mass is 32.2. The summed E-state index contributed by atoms with van der Waals surface area (Å²) in [6.45, 7) is 2.17. The first-order chi connectivity index (χ1) is 42.6. The molecule has 6 aromatic carbocycles. The van der Waals surface area contributed by atoms with Gasteiger partial charge in [-0.05, 0) is 141 Å². The van der Waals surface area contributed by atoms with Gasteiger partial charge in [-0.2, -0.15) is 52.7 Å².